The van der Waals surface area contributed by atoms with Gasteiger partial charge in [0.05, 0.1) is 17.7 Å². The highest BCUT2D eigenvalue weighted by molar-refractivity contribution is 9.10. The molecule has 1 atom stereocenters. The molecule has 8 nitrogen and oxygen atoms in total. The van der Waals surface area contributed by atoms with Crippen LogP contribution in [0.25, 0.3) is 0 Å². The highest BCUT2D eigenvalue weighted by atomic mass is 79.9. The second kappa shape index (κ2) is 14.0. The van der Waals surface area contributed by atoms with E-state index in [1.165, 1.54) is 24.1 Å². The molecular formula is C31H36BrN3O5S. The van der Waals surface area contributed by atoms with Gasteiger partial charge in [0.2, 0.25) is 11.8 Å². The molecule has 1 saturated carbocycles. The molecular weight excluding hydrogens is 606 g/mol. The van der Waals surface area contributed by atoms with Crippen LogP contribution in [-0.4, -0.2) is 50.9 Å². The van der Waals surface area contributed by atoms with Gasteiger partial charge in [-0.05, 0) is 61.7 Å². The number of anilines is 1. The molecule has 0 radical (unpaired) electrons. The van der Waals surface area contributed by atoms with Gasteiger partial charge in [0.25, 0.3) is 10.0 Å². The van der Waals surface area contributed by atoms with Crippen LogP contribution in [0.4, 0.5) is 5.69 Å². The van der Waals surface area contributed by atoms with Crippen molar-refractivity contribution in [1.82, 2.24) is 10.2 Å². The standard InChI is InChI=1S/C31H36BrN3O5S/c1-23(31(37)33-26-10-5-3-6-11-26)34(21-24-16-18-25(32)19-17-24)30(36)22-35(27-12-9-13-28(20-27)40-2)41(38,39)29-14-7-4-8-15-29/h4,7-9,12-20,23,26H,3,5-6,10-11,21-22H2,1-2H3,(H,33,37). The van der Waals surface area contributed by atoms with E-state index in [0.717, 1.165) is 46.4 Å². The van der Waals surface area contributed by atoms with Gasteiger partial charge in [-0.25, -0.2) is 8.42 Å². The summed E-state index contributed by atoms with van der Waals surface area (Å²) in [7, 11) is -2.64. The second-order valence-corrected chi connectivity index (χ2v) is 13.0. The Morgan fingerprint density at radius 2 is 1.66 bits per heavy atom. The second-order valence-electron chi connectivity index (χ2n) is 10.2. The van der Waals surface area contributed by atoms with Crippen molar-refractivity contribution in [3.8, 4) is 5.75 Å². The van der Waals surface area contributed by atoms with Gasteiger partial charge in [-0.3, -0.25) is 13.9 Å². The van der Waals surface area contributed by atoms with E-state index in [4.69, 9.17) is 4.74 Å². The molecule has 0 bridgehead atoms. The van der Waals surface area contributed by atoms with E-state index in [1.54, 1.807) is 49.4 Å². The number of rotatable bonds is 11. The highest BCUT2D eigenvalue weighted by Crippen LogP contribution is 2.28. The number of sulfonamides is 1. The molecule has 10 heteroatoms. The minimum absolute atomic E-state index is 0.0539. The number of carbonyl (C=O) groups is 2. The molecule has 1 unspecified atom stereocenters. The maximum Gasteiger partial charge on any atom is 0.264 e. The summed E-state index contributed by atoms with van der Waals surface area (Å²) in [5.74, 6) is -0.294. The van der Waals surface area contributed by atoms with Crippen molar-refractivity contribution in [3.05, 3.63) is 88.9 Å². The van der Waals surface area contributed by atoms with E-state index < -0.39 is 28.5 Å². The monoisotopic (exact) mass is 641 g/mol. The summed E-state index contributed by atoms with van der Waals surface area (Å²) in [6, 6.07) is 21.3. The number of amides is 2. The fourth-order valence-corrected chi connectivity index (χ4v) is 6.64. The third kappa shape index (κ3) is 7.89. The van der Waals surface area contributed by atoms with Crippen molar-refractivity contribution in [1.29, 1.82) is 0 Å². The summed E-state index contributed by atoms with van der Waals surface area (Å²) < 4.78 is 35.1. The number of hydrogen-bond donors (Lipinski definition) is 1. The maximum atomic E-state index is 14.1. The van der Waals surface area contributed by atoms with Crippen LogP contribution in [-0.2, 0) is 26.2 Å². The summed E-state index contributed by atoms with van der Waals surface area (Å²) in [4.78, 5) is 29.0. The molecule has 3 aromatic rings. The van der Waals surface area contributed by atoms with Gasteiger partial charge in [-0.2, -0.15) is 0 Å². The van der Waals surface area contributed by atoms with Crippen LogP contribution in [0.2, 0.25) is 0 Å². The minimum Gasteiger partial charge on any atom is -0.497 e. The largest absolute Gasteiger partial charge is 0.497 e. The number of nitrogens with zero attached hydrogens (tertiary/aromatic N) is 2. The molecule has 1 aliphatic rings. The topological polar surface area (TPSA) is 96.0 Å². The lowest BCUT2D eigenvalue weighted by Crippen LogP contribution is -2.53. The summed E-state index contributed by atoms with van der Waals surface area (Å²) in [6.07, 6.45) is 5.11. The van der Waals surface area contributed by atoms with Crippen molar-refractivity contribution in [2.24, 2.45) is 0 Å². The third-order valence-electron chi connectivity index (χ3n) is 7.34. The van der Waals surface area contributed by atoms with E-state index >= 15 is 0 Å². The van der Waals surface area contributed by atoms with Gasteiger partial charge in [0.15, 0.2) is 0 Å². The third-order valence-corrected chi connectivity index (χ3v) is 9.65. The summed E-state index contributed by atoms with van der Waals surface area (Å²) in [5, 5.41) is 3.12. The smallest absolute Gasteiger partial charge is 0.264 e. The van der Waals surface area contributed by atoms with Crippen LogP contribution < -0.4 is 14.4 Å². The van der Waals surface area contributed by atoms with Crippen LogP contribution in [0.1, 0.15) is 44.6 Å². The lowest BCUT2D eigenvalue weighted by atomic mass is 9.95. The normalized spacial score (nSPS) is 14.6. The van der Waals surface area contributed by atoms with Gasteiger partial charge in [0, 0.05) is 23.1 Å². The fourth-order valence-electron chi connectivity index (χ4n) is 4.95. The molecule has 3 aromatic carbocycles. The molecule has 0 saturated heterocycles. The number of carbonyl (C=O) groups excluding carboxylic acids is 2. The zero-order valence-corrected chi connectivity index (χ0v) is 25.7. The van der Waals surface area contributed by atoms with Crippen molar-refractivity contribution in [2.45, 2.75) is 62.6 Å². The molecule has 1 fully saturated rings. The average molecular weight is 643 g/mol. The molecule has 0 spiro atoms. The SMILES string of the molecule is COc1cccc(N(CC(=O)N(Cc2ccc(Br)cc2)C(C)C(=O)NC2CCCCC2)S(=O)(=O)c2ccccc2)c1. The van der Waals surface area contributed by atoms with E-state index in [0.29, 0.717) is 5.75 Å². The van der Waals surface area contributed by atoms with Gasteiger partial charge in [-0.15, -0.1) is 0 Å². The molecule has 218 valence electrons. The Hall–Kier alpha value is -3.37. The van der Waals surface area contributed by atoms with Crippen LogP contribution in [0.5, 0.6) is 5.75 Å². The zero-order chi connectivity index (χ0) is 29.4. The first-order valence-corrected chi connectivity index (χ1v) is 16.0. The van der Waals surface area contributed by atoms with E-state index in [1.807, 2.05) is 24.3 Å². The molecule has 0 aromatic heterocycles. The molecule has 1 aliphatic carbocycles. The number of halogens is 1. The van der Waals surface area contributed by atoms with Gasteiger partial charge < -0.3 is 15.0 Å². The summed E-state index contributed by atoms with van der Waals surface area (Å²) >= 11 is 3.43. The van der Waals surface area contributed by atoms with E-state index in [2.05, 4.69) is 21.2 Å². The van der Waals surface area contributed by atoms with E-state index in [9.17, 15) is 18.0 Å². The number of methoxy groups -OCH3 is 1. The van der Waals surface area contributed by atoms with Crippen molar-refractivity contribution in [3.63, 3.8) is 0 Å². The minimum atomic E-state index is -4.13. The fraction of sp³-hybridized carbons (Fsp3) is 0.355. The zero-order valence-electron chi connectivity index (χ0n) is 23.3. The Labute approximate surface area is 250 Å². The molecule has 1 N–H and O–H groups in total. The highest BCUT2D eigenvalue weighted by Gasteiger charge is 2.33. The molecule has 41 heavy (non-hydrogen) atoms. The Bertz CT molecular complexity index is 1430. The van der Waals surface area contributed by atoms with Crippen LogP contribution in [0, 0.1) is 0 Å². The van der Waals surface area contributed by atoms with Crippen molar-refractivity contribution in [2.75, 3.05) is 18.0 Å². The number of nitrogens with one attached hydrogen (secondary N) is 1. The van der Waals surface area contributed by atoms with Crippen LogP contribution >= 0.6 is 15.9 Å². The van der Waals surface area contributed by atoms with E-state index in [-0.39, 0.29) is 29.1 Å². The Morgan fingerprint density at radius 1 is 0.976 bits per heavy atom. The van der Waals surface area contributed by atoms with Crippen LogP contribution in [0.15, 0.2) is 88.2 Å². The Balaban J connectivity index is 1.67. The molecule has 0 aliphatic heterocycles. The van der Waals surface area contributed by atoms with Gasteiger partial charge >= 0.3 is 0 Å². The van der Waals surface area contributed by atoms with Crippen molar-refractivity contribution >= 4 is 43.5 Å². The first-order valence-electron chi connectivity index (χ1n) is 13.7. The quantitative estimate of drug-likeness (QED) is 0.297. The summed E-state index contributed by atoms with van der Waals surface area (Å²) in [6.45, 7) is 1.33. The average Bonchev–Trinajstić information content (AvgIpc) is 3.00. The van der Waals surface area contributed by atoms with Crippen molar-refractivity contribution < 1.29 is 22.7 Å². The summed E-state index contributed by atoms with van der Waals surface area (Å²) in [5.41, 5.74) is 1.10. The number of hydrogen-bond acceptors (Lipinski definition) is 5. The van der Waals surface area contributed by atoms with Gasteiger partial charge in [0.1, 0.15) is 18.3 Å². The first-order chi connectivity index (χ1) is 19.7. The lowest BCUT2D eigenvalue weighted by Gasteiger charge is -2.33. The molecule has 0 heterocycles. The Kier molecular flexibility index (Phi) is 10.4. The first kappa shape index (κ1) is 30.6. The predicted octanol–water partition coefficient (Wildman–Crippen LogP) is 5.52. The van der Waals surface area contributed by atoms with Gasteiger partial charge in [-0.1, -0.05) is 71.6 Å². The Morgan fingerprint density at radius 3 is 2.32 bits per heavy atom. The number of benzene rings is 3. The lowest BCUT2D eigenvalue weighted by molar-refractivity contribution is -0.139. The number of ether oxygens (including phenoxy) is 1. The predicted molar refractivity (Wildman–Crippen MR) is 163 cm³/mol. The molecule has 2 amide bonds. The van der Waals surface area contributed by atoms with Crippen LogP contribution in [0.3, 0.4) is 0 Å². The molecule has 4 rings (SSSR count). The maximum absolute atomic E-state index is 14.1.